The maximum atomic E-state index is 12.6. The number of nitrogens with zero attached hydrogens (tertiary/aromatic N) is 3. The standard InChI is InChI=1S/C11H10F3N3O2/c1-16-8-3-2-7(15-19)4-9(8)17(10(16)5-18)6-11(12,13)14/h2-5,10H,6H2,1H3. The fourth-order valence-electron chi connectivity index (χ4n) is 2.13. The first kappa shape index (κ1) is 13.3. The topological polar surface area (TPSA) is 53.0 Å². The molecule has 1 atom stereocenters. The maximum absolute atomic E-state index is 12.6. The molecular weight excluding hydrogens is 263 g/mol. The zero-order valence-electron chi connectivity index (χ0n) is 9.89. The minimum atomic E-state index is -4.45. The van der Waals surface area contributed by atoms with Crippen LogP contribution in [-0.4, -0.2) is 32.2 Å². The van der Waals surface area contributed by atoms with Crippen molar-refractivity contribution in [1.82, 2.24) is 0 Å². The van der Waals surface area contributed by atoms with E-state index >= 15 is 0 Å². The van der Waals surface area contributed by atoms with Crippen LogP contribution >= 0.6 is 0 Å². The monoisotopic (exact) mass is 273 g/mol. The first-order valence-electron chi connectivity index (χ1n) is 5.36. The normalized spacial score (nSPS) is 18.4. The molecule has 8 heteroatoms. The van der Waals surface area contributed by atoms with Crippen LogP contribution in [0.3, 0.4) is 0 Å². The molecule has 0 saturated heterocycles. The van der Waals surface area contributed by atoms with Crippen LogP contribution in [0.15, 0.2) is 23.4 Å². The number of rotatable bonds is 3. The first-order valence-corrected chi connectivity index (χ1v) is 5.36. The first-order chi connectivity index (χ1) is 8.87. The Kier molecular flexibility index (Phi) is 3.17. The number of hydrogen-bond donors (Lipinski definition) is 0. The largest absolute Gasteiger partial charge is 0.406 e. The van der Waals surface area contributed by atoms with E-state index in [4.69, 9.17) is 0 Å². The van der Waals surface area contributed by atoms with Crippen molar-refractivity contribution in [3.8, 4) is 0 Å². The lowest BCUT2D eigenvalue weighted by Crippen LogP contribution is -2.46. The highest BCUT2D eigenvalue weighted by Crippen LogP contribution is 2.41. The molecular formula is C11H10F3N3O2. The van der Waals surface area contributed by atoms with Gasteiger partial charge in [0.05, 0.1) is 11.4 Å². The summed E-state index contributed by atoms with van der Waals surface area (Å²) in [5, 5.41) is 2.69. The Labute approximate surface area is 106 Å². The molecule has 0 aliphatic carbocycles. The number of halogens is 3. The van der Waals surface area contributed by atoms with Gasteiger partial charge in [-0.2, -0.15) is 13.2 Å². The number of alkyl halides is 3. The molecule has 0 radical (unpaired) electrons. The summed E-state index contributed by atoms with van der Waals surface area (Å²) in [7, 11) is 1.52. The SMILES string of the molecule is CN1c2ccc(N=O)cc2N(CC(F)(F)F)C1C=O. The molecule has 0 amide bonds. The smallest absolute Gasteiger partial charge is 0.347 e. The van der Waals surface area contributed by atoms with E-state index in [1.807, 2.05) is 0 Å². The van der Waals surface area contributed by atoms with E-state index in [-0.39, 0.29) is 11.4 Å². The summed E-state index contributed by atoms with van der Waals surface area (Å²) in [6, 6.07) is 4.11. The van der Waals surface area contributed by atoms with Gasteiger partial charge in [-0.15, -0.1) is 4.91 Å². The molecule has 102 valence electrons. The number of benzene rings is 1. The van der Waals surface area contributed by atoms with Gasteiger partial charge in [0.25, 0.3) is 0 Å². The average Bonchev–Trinajstić information content (AvgIpc) is 2.60. The molecule has 2 rings (SSSR count). The van der Waals surface area contributed by atoms with E-state index in [0.29, 0.717) is 12.0 Å². The predicted molar refractivity (Wildman–Crippen MR) is 63.6 cm³/mol. The Morgan fingerprint density at radius 2 is 2.05 bits per heavy atom. The second kappa shape index (κ2) is 4.52. The average molecular weight is 273 g/mol. The van der Waals surface area contributed by atoms with Crippen LogP contribution in [0.25, 0.3) is 0 Å². The van der Waals surface area contributed by atoms with E-state index < -0.39 is 18.9 Å². The molecule has 1 aromatic carbocycles. The van der Waals surface area contributed by atoms with Gasteiger partial charge < -0.3 is 9.80 Å². The number of hydrogen-bond acceptors (Lipinski definition) is 5. The number of carbonyl (C=O) groups is 1. The summed E-state index contributed by atoms with van der Waals surface area (Å²) in [4.78, 5) is 23.8. The molecule has 0 aromatic heterocycles. The zero-order chi connectivity index (χ0) is 14.2. The summed E-state index contributed by atoms with van der Waals surface area (Å²) in [6.45, 7) is -1.27. The fourth-order valence-corrected chi connectivity index (χ4v) is 2.13. The zero-order valence-corrected chi connectivity index (χ0v) is 9.89. The van der Waals surface area contributed by atoms with Gasteiger partial charge in [-0.05, 0) is 23.4 Å². The number of carbonyl (C=O) groups excluding carboxylic acids is 1. The highest BCUT2D eigenvalue weighted by atomic mass is 19.4. The molecule has 1 aromatic rings. The van der Waals surface area contributed by atoms with Crippen LogP contribution in [0.1, 0.15) is 0 Å². The van der Waals surface area contributed by atoms with Crippen molar-refractivity contribution < 1.29 is 18.0 Å². The van der Waals surface area contributed by atoms with Crippen molar-refractivity contribution in [2.75, 3.05) is 23.4 Å². The summed E-state index contributed by atoms with van der Waals surface area (Å²) >= 11 is 0. The number of nitroso groups, excluding NO2 is 1. The molecule has 0 bridgehead atoms. The van der Waals surface area contributed by atoms with Gasteiger partial charge in [-0.25, -0.2) is 0 Å². The Hall–Kier alpha value is -2.12. The highest BCUT2D eigenvalue weighted by molar-refractivity contribution is 5.87. The van der Waals surface area contributed by atoms with Crippen molar-refractivity contribution in [1.29, 1.82) is 0 Å². The Morgan fingerprint density at radius 3 is 2.58 bits per heavy atom. The van der Waals surface area contributed by atoms with Crippen LogP contribution < -0.4 is 9.80 Å². The summed E-state index contributed by atoms with van der Waals surface area (Å²) in [5.74, 6) is 0. The molecule has 1 unspecified atom stereocenters. The van der Waals surface area contributed by atoms with Gasteiger partial charge in [0, 0.05) is 7.05 Å². The van der Waals surface area contributed by atoms with Gasteiger partial charge in [-0.1, -0.05) is 0 Å². The van der Waals surface area contributed by atoms with Crippen molar-refractivity contribution in [2.45, 2.75) is 12.3 Å². The molecule has 0 spiro atoms. The third-order valence-electron chi connectivity index (χ3n) is 2.94. The highest BCUT2D eigenvalue weighted by Gasteiger charge is 2.40. The summed E-state index contributed by atoms with van der Waals surface area (Å²) < 4.78 is 37.7. The van der Waals surface area contributed by atoms with E-state index in [2.05, 4.69) is 5.18 Å². The van der Waals surface area contributed by atoms with Crippen LogP contribution in [0.2, 0.25) is 0 Å². The van der Waals surface area contributed by atoms with Gasteiger partial charge in [0.1, 0.15) is 12.2 Å². The second-order valence-electron chi connectivity index (χ2n) is 4.17. The number of fused-ring (bicyclic) bond motifs is 1. The van der Waals surface area contributed by atoms with E-state index in [0.717, 1.165) is 4.90 Å². The molecule has 0 N–H and O–H groups in total. The molecule has 19 heavy (non-hydrogen) atoms. The predicted octanol–water partition coefficient (Wildman–Crippen LogP) is 2.43. The lowest BCUT2D eigenvalue weighted by molar-refractivity contribution is -0.121. The third kappa shape index (κ3) is 2.38. The quantitative estimate of drug-likeness (QED) is 0.627. The Morgan fingerprint density at radius 1 is 1.37 bits per heavy atom. The fraction of sp³-hybridized carbons (Fsp3) is 0.364. The van der Waals surface area contributed by atoms with E-state index in [9.17, 15) is 22.9 Å². The minimum Gasteiger partial charge on any atom is -0.347 e. The van der Waals surface area contributed by atoms with Gasteiger partial charge >= 0.3 is 6.18 Å². The number of likely N-dealkylation sites (N-methyl/N-ethyl adjacent to an activating group) is 1. The molecule has 1 aliphatic heterocycles. The molecule has 0 fully saturated rings. The van der Waals surface area contributed by atoms with Gasteiger partial charge in [0.2, 0.25) is 0 Å². The van der Waals surface area contributed by atoms with Crippen LogP contribution in [-0.2, 0) is 4.79 Å². The van der Waals surface area contributed by atoms with Crippen molar-refractivity contribution in [2.24, 2.45) is 5.18 Å². The van der Waals surface area contributed by atoms with Crippen molar-refractivity contribution in [3.63, 3.8) is 0 Å². The lowest BCUT2D eigenvalue weighted by Gasteiger charge is -2.27. The maximum Gasteiger partial charge on any atom is 0.406 e. The van der Waals surface area contributed by atoms with E-state index in [1.165, 1.54) is 30.1 Å². The Balaban J connectivity index is 2.47. The third-order valence-corrected chi connectivity index (χ3v) is 2.94. The van der Waals surface area contributed by atoms with Gasteiger partial charge in [-0.3, -0.25) is 4.79 Å². The van der Waals surface area contributed by atoms with Crippen LogP contribution in [0.4, 0.5) is 30.2 Å². The number of aldehydes is 1. The van der Waals surface area contributed by atoms with Gasteiger partial charge in [0.15, 0.2) is 12.5 Å². The molecule has 0 saturated carbocycles. The molecule has 1 aliphatic rings. The lowest BCUT2D eigenvalue weighted by atomic mass is 10.2. The Bertz CT molecular complexity index is 518. The van der Waals surface area contributed by atoms with Crippen molar-refractivity contribution in [3.05, 3.63) is 23.1 Å². The minimum absolute atomic E-state index is 0.0193. The second-order valence-corrected chi connectivity index (χ2v) is 4.17. The molecule has 5 nitrogen and oxygen atoms in total. The summed E-state index contributed by atoms with van der Waals surface area (Å²) in [5.41, 5.74) is 0.647. The molecule has 1 heterocycles. The van der Waals surface area contributed by atoms with E-state index in [1.54, 1.807) is 0 Å². The number of anilines is 2. The summed E-state index contributed by atoms with van der Waals surface area (Å²) in [6.07, 6.45) is -5.06. The van der Waals surface area contributed by atoms with Crippen LogP contribution in [0, 0.1) is 4.91 Å². The van der Waals surface area contributed by atoms with Crippen molar-refractivity contribution >= 4 is 23.3 Å². The van der Waals surface area contributed by atoms with Crippen LogP contribution in [0.5, 0.6) is 0 Å².